The molecule has 0 saturated carbocycles. The van der Waals surface area contributed by atoms with Crippen LogP contribution in [0.4, 0.5) is 0 Å². The Bertz CT molecular complexity index is 939. The van der Waals surface area contributed by atoms with Gasteiger partial charge in [0, 0.05) is 5.56 Å². The molecule has 0 fully saturated rings. The lowest BCUT2D eigenvalue weighted by molar-refractivity contribution is -0.142. The molecule has 0 amide bonds. The second kappa shape index (κ2) is 8.73. The van der Waals surface area contributed by atoms with E-state index in [-0.39, 0.29) is 23.6 Å². The maximum absolute atomic E-state index is 12.1. The predicted molar refractivity (Wildman–Crippen MR) is 98.6 cm³/mol. The first kappa shape index (κ1) is 19.8. The molecule has 0 radical (unpaired) electrons. The van der Waals surface area contributed by atoms with Gasteiger partial charge in [0.2, 0.25) is 0 Å². The van der Waals surface area contributed by atoms with Crippen molar-refractivity contribution >= 4 is 33.7 Å². The number of aromatic nitrogens is 2. The highest BCUT2D eigenvalue weighted by molar-refractivity contribution is 9.10. The van der Waals surface area contributed by atoms with Crippen molar-refractivity contribution < 1.29 is 19.0 Å². The van der Waals surface area contributed by atoms with Crippen molar-refractivity contribution in [3.05, 3.63) is 32.5 Å². The number of esters is 1. The molecule has 1 aromatic heterocycles. The van der Waals surface area contributed by atoms with Gasteiger partial charge in [0.1, 0.15) is 11.6 Å². The van der Waals surface area contributed by atoms with Gasteiger partial charge in [-0.25, -0.2) is 9.78 Å². The number of hydrogen-bond acceptors (Lipinski definition) is 8. The van der Waals surface area contributed by atoms with Gasteiger partial charge in [-0.05, 0) is 34.3 Å². The Kier molecular flexibility index (Phi) is 6.65. The standard InChI is InChI=1S/C16H14BrN3O5S/c1-23-11-5-8(4-10(17)14(11)25-7-12(21)24-2)13-9(6-18)15(22)20-16(19-13)26-3/h4-5H,7H2,1-3H3,(H,19,20,22). The molecule has 10 heteroatoms. The molecule has 0 bridgehead atoms. The van der Waals surface area contributed by atoms with E-state index in [4.69, 9.17) is 9.47 Å². The van der Waals surface area contributed by atoms with Gasteiger partial charge in [-0.15, -0.1) is 0 Å². The molecule has 0 saturated heterocycles. The van der Waals surface area contributed by atoms with Crippen LogP contribution in [0.1, 0.15) is 5.56 Å². The van der Waals surface area contributed by atoms with Crippen LogP contribution >= 0.6 is 27.7 Å². The zero-order chi connectivity index (χ0) is 19.3. The molecule has 1 heterocycles. The zero-order valence-electron chi connectivity index (χ0n) is 14.1. The summed E-state index contributed by atoms with van der Waals surface area (Å²) in [5.74, 6) is 0.0423. The highest BCUT2D eigenvalue weighted by atomic mass is 79.9. The largest absolute Gasteiger partial charge is 0.493 e. The summed E-state index contributed by atoms with van der Waals surface area (Å²) >= 11 is 4.60. The predicted octanol–water partition coefficient (Wildman–Crippen LogP) is 2.35. The molecular formula is C16H14BrN3O5S. The third kappa shape index (κ3) is 4.17. The summed E-state index contributed by atoms with van der Waals surface area (Å²) in [7, 11) is 2.69. The van der Waals surface area contributed by atoms with Crippen molar-refractivity contribution in [2.24, 2.45) is 0 Å². The van der Waals surface area contributed by atoms with E-state index in [1.165, 1.54) is 26.0 Å². The maximum Gasteiger partial charge on any atom is 0.343 e. The summed E-state index contributed by atoms with van der Waals surface area (Å²) < 4.78 is 15.7. The summed E-state index contributed by atoms with van der Waals surface area (Å²) in [4.78, 5) is 30.2. The Balaban J connectivity index is 2.58. The van der Waals surface area contributed by atoms with Crippen LogP contribution < -0.4 is 15.0 Å². The van der Waals surface area contributed by atoms with Gasteiger partial charge >= 0.3 is 5.97 Å². The Labute approximate surface area is 161 Å². The molecule has 0 aliphatic rings. The van der Waals surface area contributed by atoms with Gasteiger partial charge < -0.3 is 19.2 Å². The number of halogens is 1. The number of thioether (sulfide) groups is 1. The van der Waals surface area contributed by atoms with Crippen LogP contribution in [-0.4, -0.2) is 43.0 Å². The van der Waals surface area contributed by atoms with Crippen LogP contribution in [0.15, 0.2) is 26.6 Å². The number of nitriles is 1. The fourth-order valence-electron chi connectivity index (χ4n) is 2.05. The number of nitrogens with one attached hydrogen (secondary N) is 1. The lowest BCUT2D eigenvalue weighted by Crippen LogP contribution is -2.15. The van der Waals surface area contributed by atoms with Crippen LogP contribution in [0.5, 0.6) is 11.5 Å². The van der Waals surface area contributed by atoms with E-state index < -0.39 is 11.5 Å². The van der Waals surface area contributed by atoms with E-state index >= 15 is 0 Å². The maximum atomic E-state index is 12.1. The Hall–Kier alpha value is -2.51. The Morgan fingerprint density at radius 2 is 2.15 bits per heavy atom. The topological polar surface area (TPSA) is 114 Å². The first-order valence-corrected chi connectivity index (χ1v) is 9.12. The third-order valence-electron chi connectivity index (χ3n) is 3.27. The fourth-order valence-corrected chi connectivity index (χ4v) is 2.98. The molecule has 2 rings (SSSR count). The third-order valence-corrected chi connectivity index (χ3v) is 4.44. The van der Waals surface area contributed by atoms with Crippen molar-refractivity contribution in [2.75, 3.05) is 27.1 Å². The SMILES string of the molecule is COC(=O)COc1c(Br)cc(-c2nc(SC)[nH]c(=O)c2C#N)cc1OC. The van der Waals surface area contributed by atoms with E-state index in [0.29, 0.717) is 20.9 Å². The lowest BCUT2D eigenvalue weighted by Gasteiger charge is -2.14. The molecule has 0 aliphatic carbocycles. The molecular weight excluding hydrogens is 426 g/mol. The number of aromatic amines is 1. The quantitative estimate of drug-likeness (QED) is 0.414. The van der Waals surface area contributed by atoms with E-state index in [1.54, 1.807) is 18.4 Å². The summed E-state index contributed by atoms with van der Waals surface area (Å²) in [6, 6.07) is 5.07. The first-order chi connectivity index (χ1) is 12.4. The van der Waals surface area contributed by atoms with Gasteiger partial charge in [-0.1, -0.05) is 11.8 Å². The lowest BCUT2D eigenvalue weighted by atomic mass is 10.1. The molecule has 0 unspecified atom stereocenters. The second-order valence-electron chi connectivity index (χ2n) is 4.76. The summed E-state index contributed by atoms with van der Waals surface area (Å²) in [6.45, 7) is -0.297. The summed E-state index contributed by atoms with van der Waals surface area (Å²) in [5.41, 5.74) is 0.0687. The molecule has 26 heavy (non-hydrogen) atoms. The number of methoxy groups -OCH3 is 2. The van der Waals surface area contributed by atoms with E-state index in [0.717, 1.165) is 0 Å². The number of rotatable bonds is 6. The Morgan fingerprint density at radius 3 is 2.73 bits per heavy atom. The van der Waals surface area contributed by atoms with Crippen molar-refractivity contribution in [1.82, 2.24) is 9.97 Å². The van der Waals surface area contributed by atoms with Crippen LogP contribution in [0.3, 0.4) is 0 Å². The second-order valence-corrected chi connectivity index (χ2v) is 6.41. The molecule has 2 aromatic rings. The number of carbonyl (C=O) groups excluding carboxylic acids is 1. The highest BCUT2D eigenvalue weighted by Gasteiger charge is 2.19. The number of carbonyl (C=O) groups is 1. The smallest absolute Gasteiger partial charge is 0.343 e. The minimum absolute atomic E-state index is 0.111. The van der Waals surface area contributed by atoms with Gasteiger partial charge in [-0.3, -0.25) is 4.79 Å². The fraction of sp³-hybridized carbons (Fsp3) is 0.250. The van der Waals surface area contributed by atoms with E-state index in [1.807, 2.05) is 6.07 Å². The molecule has 0 atom stereocenters. The summed E-state index contributed by atoms with van der Waals surface area (Å²) in [5, 5.41) is 9.69. The van der Waals surface area contributed by atoms with Crippen molar-refractivity contribution in [3.63, 3.8) is 0 Å². The molecule has 1 aromatic carbocycles. The summed E-state index contributed by atoms with van der Waals surface area (Å²) in [6.07, 6.45) is 1.76. The number of H-pyrrole nitrogens is 1. The van der Waals surface area contributed by atoms with E-state index in [9.17, 15) is 14.9 Å². The van der Waals surface area contributed by atoms with Crippen LogP contribution in [0, 0.1) is 11.3 Å². The van der Waals surface area contributed by atoms with Crippen LogP contribution in [0.2, 0.25) is 0 Å². The first-order valence-electron chi connectivity index (χ1n) is 7.11. The monoisotopic (exact) mass is 439 g/mol. The minimum atomic E-state index is -0.546. The molecule has 0 aliphatic heterocycles. The minimum Gasteiger partial charge on any atom is -0.493 e. The number of nitrogens with zero attached hydrogens (tertiary/aromatic N) is 2. The average molecular weight is 440 g/mol. The van der Waals surface area contributed by atoms with Gasteiger partial charge in [0.15, 0.2) is 23.3 Å². The Morgan fingerprint density at radius 1 is 1.42 bits per heavy atom. The van der Waals surface area contributed by atoms with E-state index in [2.05, 4.69) is 30.6 Å². The van der Waals surface area contributed by atoms with Gasteiger partial charge in [0.25, 0.3) is 5.56 Å². The molecule has 1 N–H and O–H groups in total. The number of hydrogen-bond donors (Lipinski definition) is 1. The van der Waals surface area contributed by atoms with Crippen LogP contribution in [0.25, 0.3) is 11.3 Å². The zero-order valence-corrected chi connectivity index (χ0v) is 16.5. The molecule has 136 valence electrons. The number of ether oxygens (including phenoxy) is 3. The van der Waals surface area contributed by atoms with Crippen molar-refractivity contribution in [3.8, 4) is 28.8 Å². The van der Waals surface area contributed by atoms with Crippen molar-refractivity contribution in [2.45, 2.75) is 5.16 Å². The normalized spacial score (nSPS) is 10.1. The molecule has 8 nitrogen and oxygen atoms in total. The molecule has 0 spiro atoms. The average Bonchev–Trinajstić information content (AvgIpc) is 2.65. The van der Waals surface area contributed by atoms with Gasteiger partial charge in [-0.2, -0.15) is 5.26 Å². The van der Waals surface area contributed by atoms with Crippen molar-refractivity contribution in [1.29, 1.82) is 5.26 Å². The number of benzene rings is 1. The highest BCUT2D eigenvalue weighted by Crippen LogP contribution is 2.39. The van der Waals surface area contributed by atoms with Gasteiger partial charge in [0.05, 0.1) is 24.4 Å². The van der Waals surface area contributed by atoms with Crippen LogP contribution in [-0.2, 0) is 9.53 Å².